The van der Waals surface area contributed by atoms with Gasteiger partial charge in [0, 0.05) is 12.6 Å². The molecule has 1 aromatic heterocycles. The Hall–Kier alpha value is -0.650. The van der Waals surface area contributed by atoms with Crippen molar-refractivity contribution in [2.75, 3.05) is 11.9 Å². The van der Waals surface area contributed by atoms with E-state index in [9.17, 15) is 5.11 Å². The number of nitrogens with two attached hydrogens (primary N) is 1. The SMILES string of the molecule is Cc1nc(NC2CC2)sc1C(O)CN. The molecule has 1 aromatic rings. The highest BCUT2D eigenvalue weighted by Gasteiger charge is 2.23. The highest BCUT2D eigenvalue weighted by Crippen LogP contribution is 2.31. The van der Waals surface area contributed by atoms with E-state index < -0.39 is 6.10 Å². The van der Waals surface area contributed by atoms with Crippen LogP contribution in [0, 0.1) is 6.92 Å². The molecule has 0 spiro atoms. The van der Waals surface area contributed by atoms with Crippen molar-refractivity contribution in [2.24, 2.45) is 5.73 Å². The maximum atomic E-state index is 9.59. The first-order valence-electron chi connectivity index (χ1n) is 4.82. The second-order valence-electron chi connectivity index (χ2n) is 3.64. The monoisotopic (exact) mass is 213 g/mol. The Balaban J connectivity index is 2.11. The standard InChI is InChI=1S/C9H15N3OS/c1-5-8(7(13)4-10)14-9(11-5)12-6-2-3-6/h6-7,13H,2-4,10H2,1H3,(H,11,12). The Morgan fingerprint density at radius 2 is 2.43 bits per heavy atom. The second kappa shape index (κ2) is 3.84. The Bertz CT molecular complexity index is 322. The van der Waals surface area contributed by atoms with Crippen LogP contribution in [0.1, 0.15) is 29.5 Å². The van der Waals surface area contributed by atoms with E-state index >= 15 is 0 Å². The van der Waals surface area contributed by atoms with Crippen molar-refractivity contribution >= 4 is 16.5 Å². The van der Waals surface area contributed by atoms with Crippen molar-refractivity contribution in [1.82, 2.24) is 4.98 Å². The van der Waals surface area contributed by atoms with E-state index in [4.69, 9.17) is 5.73 Å². The van der Waals surface area contributed by atoms with Gasteiger partial charge in [0.25, 0.3) is 0 Å². The van der Waals surface area contributed by atoms with Crippen LogP contribution in [-0.2, 0) is 0 Å². The molecular formula is C9H15N3OS. The lowest BCUT2D eigenvalue weighted by Gasteiger charge is -2.03. The molecule has 78 valence electrons. The number of rotatable bonds is 4. The Morgan fingerprint density at radius 3 is 3.00 bits per heavy atom. The number of aliphatic hydroxyl groups is 1. The number of hydrogen-bond donors (Lipinski definition) is 3. The number of thiazole rings is 1. The van der Waals surface area contributed by atoms with Gasteiger partial charge in [0.05, 0.1) is 10.6 Å². The van der Waals surface area contributed by atoms with Crippen molar-refractivity contribution < 1.29 is 5.11 Å². The first-order valence-corrected chi connectivity index (χ1v) is 5.64. The summed E-state index contributed by atoms with van der Waals surface area (Å²) in [7, 11) is 0. The van der Waals surface area contributed by atoms with Crippen LogP contribution in [0.4, 0.5) is 5.13 Å². The average molecular weight is 213 g/mol. The van der Waals surface area contributed by atoms with E-state index in [0.29, 0.717) is 6.04 Å². The van der Waals surface area contributed by atoms with Crippen molar-refractivity contribution in [3.63, 3.8) is 0 Å². The zero-order valence-electron chi connectivity index (χ0n) is 8.16. The summed E-state index contributed by atoms with van der Waals surface area (Å²) in [5, 5.41) is 13.8. The summed E-state index contributed by atoms with van der Waals surface area (Å²) in [4.78, 5) is 5.24. The molecule has 4 N–H and O–H groups in total. The Labute approximate surface area is 87.2 Å². The molecule has 1 aliphatic carbocycles. The van der Waals surface area contributed by atoms with E-state index in [-0.39, 0.29) is 6.54 Å². The Kier molecular flexibility index (Phi) is 2.71. The lowest BCUT2D eigenvalue weighted by atomic mass is 10.2. The van der Waals surface area contributed by atoms with Crippen LogP contribution in [0.2, 0.25) is 0 Å². The molecule has 0 aliphatic heterocycles. The summed E-state index contributed by atoms with van der Waals surface area (Å²) < 4.78 is 0. The third-order valence-corrected chi connectivity index (χ3v) is 3.45. The predicted molar refractivity (Wildman–Crippen MR) is 57.5 cm³/mol. The normalized spacial score (nSPS) is 18.2. The highest BCUT2D eigenvalue weighted by atomic mass is 32.1. The van der Waals surface area contributed by atoms with Crippen LogP contribution in [0.25, 0.3) is 0 Å². The number of aryl methyl sites for hydroxylation is 1. The van der Waals surface area contributed by atoms with Gasteiger partial charge in [-0.05, 0) is 19.8 Å². The summed E-state index contributed by atoms with van der Waals surface area (Å²) in [5.41, 5.74) is 6.29. The zero-order valence-corrected chi connectivity index (χ0v) is 8.97. The van der Waals surface area contributed by atoms with Crippen LogP contribution in [-0.4, -0.2) is 22.7 Å². The lowest BCUT2D eigenvalue weighted by Crippen LogP contribution is -2.10. The molecule has 1 atom stereocenters. The molecule has 0 saturated heterocycles. The maximum Gasteiger partial charge on any atom is 0.183 e. The first kappa shape index (κ1) is 9.89. The van der Waals surface area contributed by atoms with Gasteiger partial charge in [-0.3, -0.25) is 0 Å². The van der Waals surface area contributed by atoms with Gasteiger partial charge in [-0.25, -0.2) is 4.98 Å². The van der Waals surface area contributed by atoms with Crippen LogP contribution in [0.15, 0.2) is 0 Å². The first-order chi connectivity index (χ1) is 6.70. The van der Waals surface area contributed by atoms with Crippen molar-refractivity contribution in [3.05, 3.63) is 10.6 Å². The number of aliphatic hydroxyl groups excluding tert-OH is 1. The fourth-order valence-corrected chi connectivity index (χ4v) is 2.33. The zero-order chi connectivity index (χ0) is 10.1. The average Bonchev–Trinajstić information content (AvgIpc) is 2.89. The molecule has 1 heterocycles. The summed E-state index contributed by atoms with van der Waals surface area (Å²) in [6.07, 6.45) is 1.89. The number of nitrogens with zero attached hydrogens (tertiary/aromatic N) is 1. The van der Waals surface area contributed by atoms with E-state index in [1.54, 1.807) is 0 Å². The minimum Gasteiger partial charge on any atom is -0.386 e. The molecule has 1 fully saturated rings. The van der Waals surface area contributed by atoms with Crippen LogP contribution >= 0.6 is 11.3 Å². The molecule has 1 unspecified atom stereocenters. The molecule has 1 saturated carbocycles. The van der Waals surface area contributed by atoms with Gasteiger partial charge in [0.2, 0.25) is 0 Å². The second-order valence-corrected chi connectivity index (χ2v) is 4.67. The van der Waals surface area contributed by atoms with E-state index in [0.717, 1.165) is 15.7 Å². The van der Waals surface area contributed by atoms with Gasteiger partial charge in [0.15, 0.2) is 5.13 Å². The smallest absolute Gasteiger partial charge is 0.183 e. The highest BCUT2D eigenvalue weighted by molar-refractivity contribution is 7.15. The van der Waals surface area contributed by atoms with E-state index in [2.05, 4.69) is 10.3 Å². The topological polar surface area (TPSA) is 71.2 Å². The van der Waals surface area contributed by atoms with Crippen molar-refractivity contribution in [3.8, 4) is 0 Å². The number of anilines is 1. The molecule has 5 heteroatoms. The van der Waals surface area contributed by atoms with Crippen molar-refractivity contribution in [1.29, 1.82) is 0 Å². The molecule has 2 rings (SSSR count). The molecule has 0 amide bonds. The molecule has 0 bridgehead atoms. The minimum absolute atomic E-state index is 0.256. The number of hydrogen-bond acceptors (Lipinski definition) is 5. The quantitative estimate of drug-likeness (QED) is 0.698. The van der Waals surface area contributed by atoms with Gasteiger partial charge >= 0.3 is 0 Å². The summed E-state index contributed by atoms with van der Waals surface area (Å²) in [6.45, 7) is 2.16. The van der Waals surface area contributed by atoms with Crippen molar-refractivity contribution in [2.45, 2.75) is 31.9 Å². The molecule has 1 aliphatic rings. The minimum atomic E-state index is -0.567. The fourth-order valence-electron chi connectivity index (χ4n) is 1.29. The summed E-state index contributed by atoms with van der Waals surface area (Å²) in [5.74, 6) is 0. The molecule has 14 heavy (non-hydrogen) atoms. The summed E-state index contributed by atoms with van der Waals surface area (Å²) in [6, 6.07) is 0.600. The van der Waals surface area contributed by atoms with Crippen LogP contribution in [0.5, 0.6) is 0 Å². The van der Waals surface area contributed by atoms with Gasteiger partial charge < -0.3 is 16.2 Å². The number of aromatic nitrogens is 1. The van der Waals surface area contributed by atoms with Gasteiger partial charge in [-0.15, -0.1) is 0 Å². The maximum absolute atomic E-state index is 9.59. The Morgan fingerprint density at radius 1 is 1.71 bits per heavy atom. The largest absolute Gasteiger partial charge is 0.386 e. The summed E-state index contributed by atoms with van der Waals surface area (Å²) >= 11 is 1.51. The van der Waals surface area contributed by atoms with E-state index in [1.807, 2.05) is 6.92 Å². The van der Waals surface area contributed by atoms with Crippen LogP contribution in [0.3, 0.4) is 0 Å². The third-order valence-electron chi connectivity index (χ3n) is 2.26. The van der Waals surface area contributed by atoms with Crippen LogP contribution < -0.4 is 11.1 Å². The lowest BCUT2D eigenvalue weighted by molar-refractivity contribution is 0.189. The number of nitrogens with one attached hydrogen (secondary N) is 1. The van der Waals surface area contributed by atoms with E-state index in [1.165, 1.54) is 24.2 Å². The fraction of sp³-hybridized carbons (Fsp3) is 0.667. The van der Waals surface area contributed by atoms with Gasteiger partial charge in [-0.1, -0.05) is 11.3 Å². The molecule has 4 nitrogen and oxygen atoms in total. The van der Waals surface area contributed by atoms with Gasteiger partial charge in [-0.2, -0.15) is 0 Å². The molecular weight excluding hydrogens is 198 g/mol. The third kappa shape index (κ3) is 2.05. The molecule has 0 radical (unpaired) electrons. The molecule has 0 aromatic carbocycles. The van der Waals surface area contributed by atoms with Gasteiger partial charge in [0.1, 0.15) is 6.10 Å². The predicted octanol–water partition coefficient (Wildman–Crippen LogP) is 1.02.